The SMILES string of the molecule is CCNC(=O)Nc1ccc(Nc2ccccc2)nc1. The molecule has 5 nitrogen and oxygen atoms in total. The summed E-state index contributed by atoms with van der Waals surface area (Å²) in [5.74, 6) is 0.729. The van der Waals surface area contributed by atoms with E-state index >= 15 is 0 Å². The quantitative estimate of drug-likeness (QED) is 0.788. The molecule has 3 N–H and O–H groups in total. The Kier molecular flexibility index (Phi) is 4.34. The Balaban J connectivity index is 1.97. The number of hydrogen-bond donors (Lipinski definition) is 3. The van der Waals surface area contributed by atoms with Crippen LogP contribution in [0.25, 0.3) is 0 Å². The van der Waals surface area contributed by atoms with Crippen molar-refractivity contribution in [1.29, 1.82) is 0 Å². The molecule has 0 aliphatic rings. The van der Waals surface area contributed by atoms with Gasteiger partial charge in [0.25, 0.3) is 0 Å². The smallest absolute Gasteiger partial charge is 0.319 e. The molecular weight excluding hydrogens is 240 g/mol. The highest BCUT2D eigenvalue weighted by Gasteiger charge is 2.00. The van der Waals surface area contributed by atoms with E-state index in [2.05, 4.69) is 20.9 Å². The molecule has 0 spiro atoms. The van der Waals surface area contributed by atoms with Gasteiger partial charge in [0.05, 0.1) is 11.9 Å². The second-order valence-corrected chi connectivity index (χ2v) is 3.91. The first-order valence-corrected chi connectivity index (χ1v) is 6.11. The van der Waals surface area contributed by atoms with Gasteiger partial charge in [0.15, 0.2) is 0 Å². The number of nitrogens with zero attached hydrogens (tertiary/aromatic N) is 1. The molecule has 2 rings (SSSR count). The fraction of sp³-hybridized carbons (Fsp3) is 0.143. The van der Waals surface area contributed by atoms with Crippen molar-refractivity contribution in [1.82, 2.24) is 10.3 Å². The normalized spacial score (nSPS) is 9.74. The number of pyridine rings is 1. The topological polar surface area (TPSA) is 66.1 Å². The van der Waals surface area contributed by atoms with Gasteiger partial charge < -0.3 is 16.0 Å². The van der Waals surface area contributed by atoms with E-state index in [9.17, 15) is 4.79 Å². The van der Waals surface area contributed by atoms with Crippen molar-refractivity contribution in [3.05, 3.63) is 48.7 Å². The van der Waals surface area contributed by atoms with E-state index in [1.807, 2.05) is 43.3 Å². The van der Waals surface area contributed by atoms with Crippen molar-refractivity contribution in [3.63, 3.8) is 0 Å². The van der Waals surface area contributed by atoms with Gasteiger partial charge in [-0.15, -0.1) is 0 Å². The first-order valence-electron chi connectivity index (χ1n) is 6.11. The number of anilines is 3. The van der Waals surface area contributed by atoms with Gasteiger partial charge in [-0.05, 0) is 31.2 Å². The fourth-order valence-electron chi connectivity index (χ4n) is 1.55. The molecule has 5 heteroatoms. The second-order valence-electron chi connectivity index (χ2n) is 3.91. The van der Waals surface area contributed by atoms with E-state index in [1.54, 1.807) is 12.3 Å². The number of hydrogen-bond acceptors (Lipinski definition) is 3. The molecule has 98 valence electrons. The summed E-state index contributed by atoms with van der Waals surface area (Å²) in [5.41, 5.74) is 1.63. The van der Waals surface area contributed by atoms with Crippen molar-refractivity contribution in [2.75, 3.05) is 17.2 Å². The molecular formula is C14H16N4O. The van der Waals surface area contributed by atoms with Crippen LogP contribution in [0.15, 0.2) is 48.7 Å². The van der Waals surface area contributed by atoms with Crippen molar-refractivity contribution < 1.29 is 4.79 Å². The van der Waals surface area contributed by atoms with Crippen LogP contribution in [-0.2, 0) is 0 Å². The number of nitrogens with one attached hydrogen (secondary N) is 3. The van der Waals surface area contributed by atoms with E-state index in [-0.39, 0.29) is 6.03 Å². The molecule has 0 atom stereocenters. The largest absolute Gasteiger partial charge is 0.340 e. The molecule has 0 aliphatic heterocycles. The standard InChI is InChI=1S/C14H16N4O/c1-2-15-14(19)18-12-8-9-13(16-10-12)17-11-6-4-3-5-7-11/h3-10H,2H2,1H3,(H,16,17)(H2,15,18,19). The first kappa shape index (κ1) is 12.9. The summed E-state index contributed by atoms with van der Waals surface area (Å²) >= 11 is 0. The van der Waals surface area contributed by atoms with Gasteiger partial charge in [-0.1, -0.05) is 18.2 Å². The zero-order valence-electron chi connectivity index (χ0n) is 10.7. The van der Waals surface area contributed by atoms with Crippen LogP contribution in [0.5, 0.6) is 0 Å². The van der Waals surface area contributed by atoms with Gasteiger partial charge >= 0.3 is 6.03 Å². The third-order valence-electron chi connectivity index (χ3n) is 2.40. The maximum atomic E-state index is 11.3. The Morgan fingerprint density at radius 1 is 1.11 bits per heavy atom. The van der Waals surface area contributed by atoms with Crippen molar-refractivity contribution >= 4 is 23.2 Å². The average Bonchev–Trinajstić information content (AvgIpc) is 2.42. The van der Waals surface area contributed by atoms with Crippen LogP contribution in [0.1, 0.15) is 6.92 Å². The lowest BCUT2D eigenvalue weighted by Crippen LogP contribution is -2.28. The molecule has 2 aromatic rings. The summed E-state index contributed by atoms with van der Waals surface area (Å²) < 4.78 is 0. The fourth-order valence-corrected chi connectivity index (χ4v) is 1.55. The summed E-state index contributed by atoms with van der Waals surface area (Å²) in [6.07, 6.45) is 1.61. The maximum absolute atomic E-state index is 11.3. The third-order valence-corrected chi connectivity index (χ3v) is 2.40. The molecule has 0 fully saturated rings. The Hall–Kier alpha value is -2.56. The monoisotopic (exact) mass is 256 g/mol. The zero-order valence-corrected chi connectivity index (χ0v) is 10.7. The first-order chi connectivity index (χ1) is 9.28. The number of benzene rings is 1. The van der Waals surface area contributed by atoms with Crippen molar-refractivity contribution in [2.24, 2.45) is 0 Å². The van der Waals surface area contributed by atoms with E-state index in [4.69, 9.17) is 0 Å². The highest BCUT2D eigenvalue weighted by atomic mass is 16.2. The van der Waals surface area contributed by atoms with Crippen molar-refractivity contribution in [3.8, 4) is 0 Å². The molecule has 0 bridgehead atoms. The molecule has 0 aliphatic carbocycles. The number of amides is 2. The number of aromatic nitrogens is 1. The Morgan fingerprint density at radius 2 is 1.89 bits per heavy atom. The highest BCUT2D eigenvalue weighted by molar-refractivity contribution is 5.89. The second kappa shape index (κ2) is 6.39. The summed E-state index contributed by atoms with van der Waals surface area (Å²) in [7, 11) is 0. The van der Waals surface area contributed by atoms with Crippen LogP contribution < -0.4 is 16.0 Å². The molecule has 1 aromatic carbocycles. The minimum Gasteiger partial charge on any atom is -0.340 e. The minimum absolute atomic E-state index is 0.229. The van der Waals surface area contributed by atoms with Crippen LogP contribution in [0, 0.1) is 0 Å². The predicted octanol–water partition coefficient (Wildman–Crippen LogP) is 2.97. The molecule has 0 saturated heterocycles. The summed E-state index contributed by atoms with van der Waals surface area (Å²) in [6.45, 7) is 2.46. The van der Waals surface area contributed by atoms with Crippen LogP contribution >= 0.6 is 0 Å². The lowest BCUT2D eigenvalue weighted by molar-refractivity contribution is 0.252. The van der Waals surface area contributed by atoms with Crippen LogP contribution in [-0.4, -0.2) is 17.6 Å². The Bertz CT molecular complexity index is 525. The van der Waals surface area contributed by atoms with Crippen molar-refractivity contribution in [2.45, 2.75) is 6.92 Å². The van der Waals surface area contributed by atoms with Gasteiger partial charge in [-0.25, -0.2) is 9.78 Å². The van der Waals surface area contributed by atoms with E-state index in [0.29, 0.717) is 12.2 Å². The van der Waals surface area contributed by atoms with Gasteiger partial charge in [0.1, 0.15) is 5.82 Å². The Labute approximate surface area is 112 Å². The molecule has 2 amide bonds. The van der Waals surface area contributed by atoms with Gasteiger partial charge in [-0.3, -0.25) is 0 Å². The van der Waals surface area contributed by atoms with Crippen LogP contribution in [0.4, 0.5) is 22.0 Å². The minimum atomic E-state index is -0.229. The Morgan fingerprint density at radius 3 is 2.53 bits per heavy atom. The van der Waals surface area contributed by atoms with Gasteiger partial charge in [-0.2, -0.15) is 0 Å². The summed E-state index contributed by atoms with van der Waals surface area (Å²) in [4.78, 5) is 15.6. The number of rotatable bonds is 4. The molecule has 0 saturated carbocycles. The highest BCUT2D eigenvalue weighted by Crippen LogP contribution is 2.15. The zero-order chi connectivity index (χ0) is 13.5. The number of carbonyl (C=O) groups is 1. The predicted molar refractivity (Wildman–Crippen MR) is 76.7 cm³/mol. The van der Waals surface area contributed by atoms with E-state index in [1.165, 1.54) is 0 Å². The lowest BCUT2D eigenvalue weighted by Gasteiger charge is -2.08. The summed E-state index contributed by atoms with van der Waals surface area (Å²) in [6, 6.07) is 13.2. The van der Waals surface area contributed by atoms with Crippen LogP contribution in [0.3, 0.4) is 0 Å². The van der Waals surface area contributed by atoms with Gasteiger partial charge in [0.2, 0.25) is 0 Å². The summed E-state index contributed by atoms with van der Waals surface area (Å²) in [5, 5.41) is 8.52. The lowest BCUT2D eigenvalue weighted by atomic mass is 10.3. The van der Waals surface area contributed by atoms with Gasteiger partial charge in [0, 0.05) is 12.2 Å². The third kappa shape index (κ3) is 3.99. The average molecular weight is 256 g/mol. The molecule has 0 unspecified atom stereocenters. The number of urea groups is 1. The molecule has 19 heavy (non-hydrogen) atoms. The molecule has 0 radical (unpaired) electrons. The van der Waals surface area contributed by atoms with E-state index < -0.39 is 0 Å². The number of carbonyl (C=O) groups excluding carboxylic acids is 1. The maximum Gasteiger partial charge on any atom is 0.319 e. The number of para-hydroxylation sites is 1. The van der Waals surface area contributed by atoms with Crippen LogP contribution in [0.2, 0.25) is 0 Å². The van der Waals surface area contributed by atoms with E-state index in [0.717, 1.165) is 11.5 Å². The molecule has 1 heterocycles. The molecule has 1 aromatic heterocycles.